The van der Waals surface area contributed by atoms with Gasteiger partial charge in [-0.1, -0.05) is 17.7 Å². The summed E-state index contributed by atoms with van der Waals surface area (Å²) in [5, 5.41) is 22.8. The van der Waals surface area contributed by atoms with Gasteiger partial charge in [-0.05, 0) is 37.1 Å². The Bertz CT molecular complexity index is 571. The number of hydrogen-bond donors (Lipinski definition) is 3. The van der Waals surface area contributed by atoms with Gasteiger partial charge < -0.3 is 21.1 Å². The molecule has 0 heterocycles. The van der Waals surface area contributed by atoms with Crippen LogP contribution >= 0.6 is 11.6 Å². The Balaban J connectivity index is 2.10. The maximum Gasteiger partial charge on any atom is 0.307 e. The zero-order valence-corrected chi connectivity index (χ0v) is 11.8. The summed E-state index contributed by atoms with van der Waals surface area (Å²) in [5.41, 5.74) is 2.60. The molecule has 0 saturated heterocycles. The standard InChI is InChI=1S/C14H14ClN2O4/c15-8-1-6-11(14(19)20)12(7-8)13(18)16-9-2-4-10(17-21)5-3-9/h1-5,11-12,17H,6-7H2,(H,16,18)(H,19,20)/q-1. The summed E-state index contributed by atoms with van der Waals surface area (Å²) in [5.74, 6) is -2.90. The predicted molar refractivity (Wildman–Crippen MR) is 79.8 cm³/mol. The largest absolute Gasteiger partial charge is 0.761 e. The van der Waals surface area contributed by atoms with E-state index in [4.69, 9.17) is 11.6 Å². The maximum atomic E-state index is 12.2. The Morgan fingerprint density at radius 2 is 1.81 bits per heavy atom. The molecule has 6 nitrogen and oxygen atoms in total. The molecular formula is C14H14ClN2O4-. The minimum absolute atomic E-state index is 0.213. The fraction of sp³-hybridized carbons (Fsp3) is 0.286. The van der Waals surface area contributed by atoms with Crippen LogP contribution < -0.4 is 10.8 Å². The number of rotatable bonds is 4. The van der Waals surface area contributed by atoms with Gasteiger partial charge in [0, 0.05) is 16.4 Å². The molecule has 1 aromatic rings. The van der Waals surface area contributed by atoms with Crippen LogP contribution in [-0.4, -0.2) is 17.0 Å². The topological polar surface area (TPSA) is 101 Å². The van der Waals surface area contributed by atoms with Crippen molar-refractivity contribution in [2.45, 2.75) is 12.8 Å². The number of benzene rings is 1. The van der Waals surface area contributed by atoms with Gasteiger partial charge in [0.25, 0.3) is 0 Å². The zero-order chi connectivity index (χ0) is 15.4. The molecule has 0 saturated carbocycles. The predicted octanol–water partition coefficient (Wildman–Crippen LogP) is 2.77. The van der Waals surface area contributed by atoms with Crippen LogP contribution in [0.15, 0.2) is 35.4 Å². The Morgan fingerprint density at radius 1 is 1.19 bits per heavy atom. The second-order valence-corrected chi connectivity index (χ2v) is 5.30. The highest BCUT2D eigenvalue weighted by Gasteiger charge is 2.36. The summed E-state index contributed by atoms with van der Waals surface area (Å²) < 4.78 is 0. The highest BCUT2D eigenvalue weighted by atomic mass is 35.5. The molecule has 7 heteroatoms. The van der Waals surface area contributed by atoms with Crippen LogP contribution in [0.3, 0.4) is 0 Å². The monoisotopic (exact) mass is 309 g/mol. The number of carboxylic acids is 1. The molecule has 112 valence electrons. The van der Waals surface area contributed by atoms with Gasteiger partial charge in [-0.3, -0.25) is 9.59 Å². The second-order valence-electron chi connectivity index (χ2n) is 4.81. The van der Waals surface area contributed by atoms with Crippen molar-refractivity contribution < 1.29 is 14.7 Å². The van der Waals surface area contributed by atoms with E-state index in [1.54, 1.807) is 23.7 Å². The number of aliphatic carboxylic acids is 1. The van der Waals surface area contributed by atoms with Gasteiger partial charge in [0.15, 0.2) is 0 Å². The number of hydrogen-bond acceptors (Lipinski definition) is 4. The lowest BCUT2D eigenvalue weighted by atomic mass is 9.82. The second kappa shape index (κ2) is 6.60. The van der Waals surface area contributed by atoms with Crippen LogP contribution in [0.4, 0.5) is 11.4 Å². The van der Waals surface area contributed by atoms with Crippen LogP contribution in [0, 0.1) is 17.0 Å². The number of nitrogens with one attached hydrogen (secondary N) is 2. The Labute approximate surface area is 126 Å². The van der Waals surface area contributed by atoms with Crippen molar-refractivity contribution in [2.24, 2.45) is 11.8 Å². The summed E-state index contributed by atoms with van der Waals surface area (Å²) >= 11 is 5.91. The molecular weight excluding hydrogens is 296 g/mol. The van der Waals surface area contributed by atoms with Crippen LogP contribution in [0.5, 0.6) is 0 Å². The molecule has 1 aliphatic rings. The quantitative estimate of drug-likeness (QED) is 0.742. The third kappa shape index (κ3) is 3.74. The number of amides is 1. The molecule has 1 aliphatic carbocycles. The first-order valence-electron chi connectivity index (χ1n) is 6.37. The molecule has 2 unspecified atom stereocenters. The van der Waals surface area contributed by atoms with Gasteiger partial charge in [0.1, 0.15) is 0 Å². The number of carbonyl (C=O) groups excluding carboxylic acids is 1. The van der Waals surface area contributed by atoms with Gasteiger partial charge >= 0.3 is 5.97 Å². The van der Waals surface area contributed by atoms with E-state index in [-0.39, 0.29) is 12.8 Å². The third-order valence-corrected chi connectivity index (χ3v) is 3.73. The minimum Gasteiger partial charge on any atom is -0.761 e. The first kappa shape index (κ1) is 15.3. The van der Waals surface area contributed by atoms with Crippen LogP contribution in [-0.2, 0) is 9.59 Å². The van der Waals surface area contributed by atoms with Crippen molar-refractivity contribution in [2.75, 3.05) is 10.8 Å². The summed E-state index contributed by atoms with van der Waals surface area (Å²) in [6.07, 6.45) is 2.09. The molecule has 21 heavy (non-hydrogen) atoms. The Hall–Kier alpha value is -2.05. The van der Waals surface area contributed by atoms with Crippen molar-refractivity contribution in [1.29, 1.82) is 0 Å². The van der Waals surface area contributed by atoms with E-state index >= 15 is 0 Å². The SMILES string of the molecule is O=C(O)C1CC=C(Cl)CC1C(=O)Nc1ccc(N[O-])cc1. The van der Waals surface area contributed by atoms with Crippen molar-refractivity contribution in [3.05, 3.63) is 40.6 Å². The highest BCUT2D eigenvalue weighted by molar-refractivity contribution is 6.29. The summed E-state index contributed by atoms with van der Waals surface area (Å²) in [7, 11) is 0. The van der Waals surface area contributed by atoms with Crippen LogP contribution in [0.1, 0.15) is 12.8 Å². The molecule has 1 aromatic carbocycles. The number of carboxylic acid groups (broad SMARTS) is 1. The first-order chi connectivity index (χ1) is 10.0. The van der Waals surface area contributed by atoms with Crippen LogP contribution in [0.25, 0.3) is 0 Å². The third-order valence-electron chi connectivity index (χ3n) is 3.42. The zero-order valence-electron chi connectivity index (χ0n) is 11.0. The van der Waals surface area contributed by atoms with E-state index in [9.17, 15) is 19.9 Å². The van der Waals surface area contributed by atoms with Gasteiger partial charge in [0.05, 0.1) is 11.8 Å². The van der Waals surface area contributed by atoms with E-state index in [1.165, 1.54) is 12.1 Å². The first-order valence-corrected chi connectivity index (χ1v) is 6.75. The number of carbonyl (C=O) groups is 2. The Kier molecular flexibility index (Phi) is 4.82. The van der Waals surface area contributed by atoms with Gasteiger partial charge in [0.2, 0.25) is 5.91 Å². The molecule has 0 spiro atoms. The van der Waals surface area contributed by atoms with E-state index in [0.29, 0.717) is 16.4 Å². The summed E-state index contributed by atoms with van der Waals surface area (Å²) in [4.78, 5) is 23.5. The van der Waals surface area contributed by atoms with E-state index < -0.39 is 23.7 Å². The fourth-order valence-corrected chi connectivity index (χ4v) is 2.52. The van der Waals surface area contributed by atoms with Gasteiger partial charge in [-0.15, -0.1) is 0 Å². The molecule has 3 N–H and O–H groups in total. The Morgan fingerprint density at radius 3 is 2.38 bits per heavy atom. The number of anilines is 2. The smallest absolute Gasteiger partial charge is 0.307 e. The van der Waals surface area contributed by atoms with Gasteiger partial charge in [-0.25, -0.2) is 0 Å². The minimum atomic E-state index is -1.01. The molecule has 0 radical (unpaired) electrons. The van der Waals surface area contributed by atoms with E-state index in [0.717, 1.165) is 0 Å². The van der Waals surface area contributed by atoms with Crippen molar-refractivity contribution in [3.8, 4) is 0 Å². The normalized spacial score (nSPS) is 21.3. The highest BCUT2D eigenvalue weighted by Crippen LogP contribution is 2.32. The number of halogens is 1. The lowest BCUT2D eigenvalue weighted by Gasteiger charge is -2.25. The van der Waals surface area contributed by atoms with Crippen molar-refractivity contribution in [3.63, 3.8) is 0 Å². The average Bonchev–Trinajstić information content (AvgIpc) is 2.47. The number of allylic oxidation sites excluding steroid dienone is 2. The summed E-state index contributed by atoms with van der Waals surface area (Å²) in [6.45, 7) is 0. The van der Waals surface area contributed by atoms with Gasteiger partial charge in [-0.2, -0.15) is 0 Å². The molecule has 2 atom stereocenters. The summed E-state index contributed by atoms with van der Waals surface area (Å²) in [6, 6.07) is 6.17. The van der Waals surface area contributed by atoms with Crippen LogP contribution in [0.2, 0.25) is 0 Å². The average molecular weight is 310 g/mol. The molecule has 1 amide bonds. The van der Waals surface area contributed by atoms with Crippen molar-refractivity contribution >= 4 is 34.9 Å². The maximum absolute atomic E-state index is 12.2. The van der Waals surface area contributed by atoms with E-state index in [2.05, 4.69) is 5.32 Å². The lowest BCUT2D eigenvalue weighted by molar-refractivity contribution is -0.146. The lowest BCUT2D eigenvalue weighted by Crippen LogP contribution is -2.35. The molecule has 0 aromatic heterocycles. The molecule has 0 bridgehead atoms. The fourth-order valence-electron chi connectivity index (χ4n) is 2.26. The molecule has 2 rings (SSSR count). The van der Waals surface area contributed by atoms with Crippen molar-refractivity contribution in [1.82, 2.24) is 0 Å². The molecule has 0 aliphatic heterocycles. The molecule has 0 fully saturated rings. The van der Waals surface area contributed by atoms with E-state index in [1.807, 2.05) is 0 Å².